The van der Waals surface area contributed by atoms with Crippen LogP contribution in [0, 0.1) is 0 Å². The summed E-state index contributed by atoms with van der Waals surface area (Å²) >= 11 is 3.45. The molecule has 27 heavy (non-hydrogen) atoms. The number of aromatic nitrogens is 2. The molecule has 3 heterocycles. The maximum Gasteiger partial charge on any atom is 0.315 e. The number of hydrogen-bond donors (Lipinski definition) is 3. The van der Waals surface area contributed by atoms with E-state index >= 15 is 0 Å². The van der Waals surface area contributed by atoms with Crippen molar-refractivity contribution in [3.05, 3.63) is 5.01 Å². The van der Waals surface area contributed by atoms with Gasteiger partial charge in [-0.3, -0.25) is 4.79 Å². The number of amides is 3. The first-order valence-electron chi connectivity index (χ1n) is 10.0. The molecule has 0 bridgehead atoms. The van der Waals surface area contributed by atoms with E-state index in [9.17, 15) is 9.59 Å². The lowest BCUT2D eigenvalue weighted by Gasteiger charge is -2.18. The highest BCUT2D eigenvalue weighted by atomic mass is 32.2. The molecule has 1 aliphatic carbocycles. The number of unbranched alkanes of at least 4 members (excludes halogenated alkanes) is 1. The highest BCUT2D eigenvalue weighted by molar-refractivity contribution is 8.00. The number of nitrogens with zero attached hydrogens (tertiary/aromatic N) is 2. The third-order valence-electron chi connectivity index (χ3n) is 5.72. The van der Waals surface area contributed by atoms with Crippen LogP contribution in [0.15, 0.2) is 0 Å². The molecule has 4 rings (SSSR count). The minimum Gasteiger partial charge on any atom is -0.332 e. The minimum absolute atomic E-state index is 0.0223. The van der Waals surface area contributed by atoms with E-state index in [1.165, 1.54) is 43.4 Å². The molecule has 9 heteroatoms. The van der Waals surface area contributed by atoms with Crippen molar-refractivity contribution in [1.82, 2.24) is 20.8 Å². The molecule has 1 saturated carbocycles. The van der Waals surface area contributed by atoms with Gasteiger partial charge in [-0.2, -0.15) is 11.8 Å². The first-order chi connectivity index (χ1) is 13.2. The predicted molar refractivity (Wildman–Crippen MR) is 108 cm³/mol. The van der Waals surface area contributed by atoms with Gasteiger partial charge < -0.3 is 16.0 Å². The van der Waals surface area contributed by atoms with Crippen LogP contribution in [0.25, 0.3) is 0 Å². The smallest absolute Gasteiger partial charge is 0.315 e. The fourth-order valence-corrected chi connectivity index (χ4v) is 6.73. The Labute approximate surface area is 167 Å². The van der Waals surface area contributed by atoms with Crippen LogP contribution in [0.3, 0.4) is 0 Å². The number of hydrogen-bond acceptors (Lipinski definition) is 6. The quantitative estimate of drug-likeness (QED) is 0.474. The number of fused-ring (bicyclic) bond motifs is 1. The van der Waals surface area contributed by atoms with Crippen LogP contribution in [-0.2, 0) is 4.79 Å². The molecule has 2 saturated heterocycles. The van der Waals surface area contributed by atoms with Gasteiger partial charge in [-0.25, -0.2) is 4.79 Å². The van der Waals surface area contributed by atoms with Gasteiger partial charge in [0.1, 0.15) is 5.01 Å². The second-order valence-corrected chi connectivity index (χ2v) is 9.98. The second-order valence-electron chi connectivity index (χ2n) is 7.70. The summed E-state index contributed by atoms with van der Waals surface area (Å²) in [6.07, 6.45) is 9.64. The summed E-state index contributed by atoms with van der Waals surface area (Å²) in [4.78, 5) is 23.6. The zero-order valence-electron chi connectivity index (χ0n) is 15.4. The summed E-state index contributed by atoms with van der Waals surface area (Å²) in [6.45, 7) is 0. The summed E-state index contributed by atoms with van der Waals surface area (Å²) in [6, 6.07) is 0.474. The lowest BCUT2D eigenvalue weighted by molar-refractivity contribution is -0.116. The molecule has 7 nitrogen and oxygen atoms in total. The molecular formula is C18H27N5O2S2. The lowest BCUT2D eigenvalue weighted by Crippen LogP contribution is -2.36. The van der Waals surface area contributed by atoms with Crippen LogP contribution >= 0.6 is 23.1 Å². The topological polar surface area (TPSA) is 96.0 Å². The highest BCUT2D eigenvalue weighted by Crippen LogP contribution is 2.35. The zero-order chi connectivity index (χ0) is 18.6. The van der Waals surface area contributed by atoms with Crippen LogP contribution in [0.5, 0.6) is 0 Å². The van der Waals surface area contributed by atoms with E-state index in [4.69, 9.17) is 0 Å². The molecule has 3 atom stereocenters. The Morgan fingerprint density at radius 1 is 1.15 bits per heavy atom. The van der Waals surface area contributed by atoms with Gasteiger partial charge in [0.2, 0.25) is 11.0 Å². The highest BCUT2D eigenvalue weighted by Gasteiger charge is 2.42. The van der Waals surface area contributed by atoms with Crippen LogP contribution in [0.4, 0.5) is 9.93 Å². The summed E-state index contributed by atoms with van der Waals surface area (Å²) in [5.41, 5.74) is 0. The average Bonchev–Trinajstić information content (AvgIpc) is 3.36. The number of thioether (sulfide) groups is 1. The van der Waals surface area contributed by atoms with E-state index in [0.717, 1.165) is 30.0 Å². The van der Waals surface area contributed by atoms with E-state index in [0.29, 0.717) is 22.7 Å². The van der Waals surface area contributed by atoms with E-state index in [-0.39, 0.29) is 24.0 Å². The van der Waals surface area contributed by atoms with Crippen molar-refractivity contribution in [2.24, 2.45) is 0 Å². The summed E-state index contributed by atoms with van der Waals surface area (Å²) in [5, 5.41) is 19.5. The second kappa shape index (κ2) is 8.77. The molecule has 0 unspecified atom stereocenters. The Kier molecular flexibility index (Phi) is 6.17. The van der Waals surface area contributed by atoms with E-state index < -0.39 is 0 Å². The Morgan fingerprint density at radius 3 is 2.85 bits per heavy atom. The Morgan fingerprint density at radius 2 is 2.00 bits per heavy atom. The van der Waals surface area contributed by atoms with Crippen LogP contribution in [0.1, 0.15) is 68.7 Å². The monoisotopic (exact) mass is 409 g/mol. The molecule has 148 valence electrons. The molecule has 2 aliphatic heterocycles. The van der Waals surface area contributed by atoms with Crippen molar-refractivity contribution in [3.8, 4) is 0 Å². The van der Waals surface area contributed by atoms with Gasteiger partial charge in [-0.1, -0.05) is 37.0 Å². The van der Waals surface area contributed by atoms with E-state index in [1.54, 1.807) is 0 Å². The van der Waals surface area contributed by atoms with Crippen LogP contribution in [0.2, 0.25) is 0 Å². The first kappa shape index (κ1) is 19.0. The number of urea groups is 1. The number of rotatable bonds is 7. The van der Waals surface area contributed by atoms with Crippen molar-refractivity contribution in [2.75, 3.05) is 11.1 Å². The molecule has 1 aromatic rings. The molecule has 3 aliphatic rings. The van der Waals surface area contributed by atoms with Crippen LogP contribution < -0.4 is 16.0 Å². The molecule has 0 spiro atoms. The third-order valence-corrected chi connectivity index (χ3v) is 8.23. The zero-order valence-corrected chi connectivity index (χ0v) is 17.0. The van der Waals surface area contributed by atoms with Crippen molar-refractivity contribution in [2.45, 2.75) is 81.0 Å². The molecule has 3 fully saturated rings. The SMILES string of the molecule is O=C(CCCC[C@@H]1SC[C@@H]2NC(=O)N[C@@H]21)Nc1nnc(C2CCCCC2)s1. The van der Waals surface area contributed by atoms with Crippen molar-refractivity contribution in [1.29, 1.82) is 0 Å². The number of carbonyl (C=O) groups excluding carboxylic acids is 2. The average molecular weight is 410 g/mol. The normalized spacial score (nSPS) is 27.9. The molecule has 3 N–H and O–H groups in total. The van der Waals surface area contributed by atoms with Gasteiger partial charge in [-0.15, -0.1) is 10.2 Å². The van der Waals surface area contributed by atoms with Crippen molar-refractivity contribution >= 4 is 40.2 Å². The molecule has 3 amide bonds. The standard InChI is InChI=1S/C18H27N5O2S2/c24-14(20-18-23-22-16(27-18)11-6-2-1-3-7-11)9-5-4-8-13-15-12(10-26-13)19-17(25)21-15/h11-13,15H,1-10H2,(H2,19,21,25)(H,20,23,24)/t12-,13-,15-/m0/s1. The molecular weight excluding hydrogens is 382 g/mol. The minimum atomic E-state index is -0.0423. The Hall–Kier alpha value is -1.35. The fourth-order valence-electron chi connectivity index (χ4n) is 4.26. The number of anilines is 1. The van der Waals surface area contributed by atoms with Gasteiger partial charge in [0.15, 0.2) is 0 Å². The Bertz CT molecular complexity index is 676. The molecule has 1 aromatic heterocycles. The van der Waals surface area contributed by atoms with Gasteiger partial charge in [0, 0.05) is 23.3 Å². The Balaban J connectivity index is 1.15. The maximum atomic E-state index is 12.2. The number of carbonyl (C=O) groups is 2. The van der Waals surface area contributed by atoms with Gasteiger partial charge in [0.05, 0.1) is 12.1 Å². The fraction of sp³-hybridized carbons (Fsp3) is 0.778. The largest absolute Gasteiger partial charge is 0.332 e. The summed E-state index contributed by atoms with van der Waals surface area (Å²) in [7, 11) is 0. The predicted octanol–water partition coefficient (Wildman–Crippen LogP) is 3.25. The van der Waals surface area contributed by atoms with Crippen molar-refractivity contribution < 1.29 is 9.59 Å². The lowest BCUT2D eigenvalue weighted by atomic mass is 9.90. The van der Waals surface area contributed by atoms with Gasteiger partial charge in [-0.05, 0) is 25.7 Å². The maximum absolute atomic E-state index is 12.2. The van der Waals surface area contributed by atoms with Gasteiger partial charge >= 0.3 is 6.03 Å². The van der Waals surface area contributed by atoms with E-state index in [2.05, 4.69) is 26.1 Å². The third kappa shape index (κ3) is 4.74. The molecule has 0 radical (unpaired) electrons. The van der Waals surface area contributed by atoms with Gasteiger partial charge in [0.25, 0.3) is 0 Å². The summed E-state index contributed by atoms with van der Waals surface area (Å²) in [5.74, 6) is 1.53. The van der Waals surface area contributed by atoms with E-state index in [1.807, 2.05) is 11.8 Å². The molecule has 0 aromatic carbocycles. The number of nitrogens with one attached hydrogen (secondary N) is 3. The van der Waals surface area contributed by atoms with Crippen LogP contribution in [-0.4, -0.2) is 45.2 Å². The van der Waals surface area contributed by atoms with Crippen molar-refractivity contribution in [3.63, 3.8) is 0 Å². The summed E-state index contributed by atoms with van der Waals surface area (Å²) < 4.78 is 0. The first-order valence-corrected chi connectivity index (χ1v) is 11.9.